The molecule has 0 aromatic heterocycles. The Morgan fingerprint density at radius 3 is 2.43 bits per heavy atom. The van der Waals surface area contributed by atoms with Crippen LogP contribution in [0.5, 0.6) is 0 Å². The number of nitrogens with one attached hydrogen (secondary N) is 1. The van der Waals surface area contributed by atoms with Crippen molar-refractivity contribution in [2.45, 2.75) is 24.3 Å². The van der Waals surface area contributed by atoms with Crippen LogP contribution in [0, 0.1) is 24.7 Å². The van der Waals surface area contributed by atoms with Crippen molar-refractivity contribution in [3.8, 4) is 0 Å². The number of sulfonamides is 1. The van der Waals surface area contributed by atoms with Crippen molar-refractivity contribution < 1.29 is 18.3 Å². The van der Waals surface area contributed by atoms with Crippen molar-refractivity contribution in [1.82, 2.24) is 4.72 Å². The zero-order valence-electron chi connectivity index (χ0n) is 11.6. The highest BCUT2D eigenvalue weighted by Crippen LogP contribution is 2.44. The van der Waals surface area contributed by atoms with E-state index in [-0.39, 0.29) is 16.7 Å². The first-order valence-electron chi connectivity index (χ1n) is 6.88. The Labute approximate surface area is 123 Å². The minimum absolute atomic E-state index is 0.0312. The van der Waals surface area contributed by atoms with Gasteiger partial charge in [-0.1, -0.05) is 29.8 Å². The van der Waals surface area contributed by atoms with Crippen LogP contribution in [-0.2, 0) is 14.8 Å². The minimum atomic E-state index is -3.70. The van der Waals surface area contributed by atoms with Crippen LogP contribution in [0.15, 0.2) is 41.3 Å². The molecule has 2 aliphatic rings. The highest BCUT2D eigenvalue weighted by molar-refractivity contribution is 7.89. The summed E-state index contributed by atoms with van der Waals surface area (Å²) in [5.41, 5.74) is 0.972. The Hall–Kier alpha value is -1.66. The number of allylic oxidation sites excluding steroid dienone is 1. The molecule has 21 heavy (non-hydrogen) atoms. The van der Waals surface area contributed by atoms with Gasteiger partial charge < -0.3 is 5.11 Å². The molecule has 0 heterocycles. The monoisotopic (exact) mass is 307 g/mol. The number of carboxylic acids is 1. The quantitative estimate of drug-likeness (QED) is 0.827. The Morgan fingerprint density at radius 2 is 1.81 bits per heavy atom. The smallest absolute Gasteiger partial charge is 0.308 e. The molecule has 3 rings (SSSR count). The molecule has 4 atom stereocenters. The van der Waals surface area contributed by atoms with Crippen LogP contribution < -0.4 is 4.72 Å². The van der Waals surface area contributed by atoms with Crippen LogP contribution in [0.2, 0.25) is 0 Å². The third kappa shape index (κ3) is 2.49. The molecule has 2 bridgehead atoms. The summed E-state index contributed by atoms with van der Waals surface area (Å²) >= 11 is 0. The minimum Gasteiger partial charge on any atom is -0.481 e. The number of hydrogen-bond donors (Lipinski definition) is 2. The maximum Gasteiger partial charge on any atom is 0.308 e. The lowest BCUT2D eigenvalue weighted by molar-refractivity contribution is -0.143. The van der Waals surface area contributed by atoms with E-state index in [4.69, 9.17) is 0 Å². The Bertz CT molecular complexity index is 693. The number of fused-ring (bicyclic) bond motifs is 2. The van der Waals surface area contributed by atoms with Crippen molar-refractivity contribution in [2.75, 3.05) is 0 Å². The fourth-order valence-electron chi connectivity index (χ4n) is 3.28. The normalized spacial score (nSPS) is 30.7. The highest BCUT2D eigenvalue weighted by Gasteiger charge is 2.49. The number of aryl methyl sites for hydroxylation is 1. The van der Waals surface area contributed by atoms with Gasteiger partial charge in [-0.2, -0.15) is 0 Å². The lowest BCUT2D eigenvalue weighted by atomic mass is 9.90. The number of aliphatic carboxylic acids is 1. The van der Waals surface area contributed by atoms with Gasteiger partial charge in [-0.25, -0.2) is 13.1 Å². The second-order valence-electron chi connectivity index (χ2n) is 5.77. The molecule has 0 amide bonds. The van der Waals surface area contributed by atoms with Crippen LogP contribution >= 0.6 is 0 Å². The molecule has 1 saturated carbocycles. The van der Waals surface area contributed by atoms with Gasteiger partial charge in [-0.3, -0.25) is 4.79 Å². The standard InChI is InChI=1S/C15H17NO4S/c1-9-2-6-12(7-3-9)21(19,20)16-14-11-5-4-10(8-11)13(14)15(17)18/h2-7,10-11,13-14,16H,8H2,1H3,(H,17,18). The molecular formula is C15H17NO4S. The Kier molecular flexibility index (Phi) is 3.37. The molecule has 1 aromatic carbocycles. The van der Waals surface area contributed by atoms with Crippen LogP contribution in [0.3, 0.4) is 0 Å². The van der Waals surface area contributed by atoms with Gasteiger partial charge >= 0.3 is 5.97 Å². The maximum atomic E-state index is 12.4. The highest BCUT2D eigenvalue weighted by atomic mass is 32.2. The van der Waals surface area contributed by atoms with Crippen molar-refractivity contribution >= 4 is 16.0 Å². The summed E-state index contributed by atoms with van der Waals surface area (Å²) in [5, 5.41) is 9.34. The van der Waals surface area contributed by atoms with Crippen molar-refractivity contribution in [3.63, 3.8) is 0 Å². The predicted octanol–water partition coefficient (Wildman–Crippen LogP) is 1.55. The molecule has 1 fully saturated rings. The molecule has 1 aromatic rings. The number of rotatable bonds is 4. The van der Waals surface area contributed by atoms with Crippen molar-refractivity contribution in [1.29, 1.82) is 0 Å². The molecule has 4 unspecified atom stereocenters. The molecule has 0 aliphatic heterocycles. The SMILES string of the molecule is Cc1ccc(S(=O)(=O)NC2C3C=CC(C3)C2C(=O)O)cc1. The van der Waals surface area contributed by atoms with Gasteiger partial charge in [0.05, 0.1) is 10.8 Å². The fraction of sp³-hybridized carbons (Fsp3) is 0.400. The summed E-state index contributed by atoms with van der Waals surface area (Å²) in [6.07, 6.45) is 4.52. The first-order valence-corrected chi connectivity index (χ1v) is 8.37. The van der Waals surface area contributed by atoms with E-state index >= 15 is 0 Å². The molecule has 0 radical (unpaired) electrons. The molecule has 5 nitrogen and oxygen atoms in total. The molecule has 2 N–H and O–H groups in total. The summed E-state index contributed by atoms with van der Waals surface area (Å²) in [6, 6.07) is 5.96. The van der Waals surface area contributed by atoms with Crippen LogP contribution in [0.25, 0.3) is 0 Å². The van der Waals surface area contributed by atoms with Crippen LogP contribution in [0.4, 0.5) is 0 Å². The summed E-state index contributed by atoms with van der Waals surface area (Å²) in [5.74, 6) is -1.72. The second-order valence-corrected chi connectivity index (χ2v) is 7.49. The number of hydrogen-bond acceptors (Lipinski definition) is 3. The molecular weight excluding hydrogens is 290 g/mol. The number of carboxylic acid groups (broad SMARTS) is 1. The van der Waals surface area contributed by atoms with E-state index in [0.717, 1.165) is 5.56 Å². The van der Waals surface area contributed by atoms with E-state index in [1.807, 2.05) is 19.1 Å². The maximum absolute atomic E-state index is 12.4. The second kappa shape index (κ2) is 4.96. The molecule has 112 valence electrons. The average Bonchev–Trinajstić information content (AvgIpc) is 2.99. The zero-order chi connectivity index (χ0) is 15.2. The summed E-state index contributed by atoms with van der Waals surface area (Å²) in [7, 11) is -3.70. The topological polar surface area (TPSA) is 83.5 Å². The summed E-state index contributed by atoms with van der Waals surface area (Å²) in [6.45, 7) is 1.88. The lowest BCUT2D eigenvalue weighted by Gasteiger charge is -2.25. The van der Waals surface area contributed by atoms with E-state index in [1.165, 1.54) is 12.1 Å². The van der Waals surface area contributed by atoms with Gasteiger partial charge in [0.15, 0.2) is 0 Å². The Morgan fingerprint density at radius 1 is 1.19 bits per heavy atom. The molecule has 6 heteroatoms. The average molecular weight is 307 g/mol. The molecule has 2 aliphatic carbocycles. The number of benzene rings is 1. The van der Waals surface area contributed by atoms with E-state index in [2.05, 4.69) is 4.72 Å². The van der Waals surface area contributed by atoms with Crippen LogP contribution in [0.1, 0.15) is 12.0 Å². The third-order valence-electron chi connectivity index (χ3n) is 4.37. The Balaban J connectivity index is 1.87. The van der Waals surface area contributed by atoms with E-state index in [1.54, 1.807) is 12.1 Å². The van der Waals surface area contributed by atoms with Gasteiger partial charge in [-0.15, -0.1) is 0 Å². The van der Waals surface area contributed by atoms with Gasteiger partial charge in [0.2, 0.25) is 10.0 Å². The van der Waals surface area contributed by atoms with Gasteiger partial charge in [-0.05, 0) is 37.3 Å². The van der Waals surface area contributed by atoms with E-state index in [0.29, 0.717) is 6.42 Å². The summed E-state index contributed by atoms with van der Waals surface area (Å²) < 4.78 is 27.4. The van der Waals surface area contributed by atoms with Crippen LogP contribution in [-0.4, -0.2) is 25.5 Å². The molecule has 0 spiro atoms. The van der Waals surface area contributed by atoms with E-state index < -0.39 is 28.0 Å². The largest absolute Gasteiger partial charge is 0.481 e. The first kappa shape index (κ1) is 14.3. The van der Waals surface area contributed by atoms with Gasteiger partial charge in [0.25, 0.3) is 0 Å². The predicted molar refractivity (Wildman–Crippen MR) is 77.2 cm³/mol. The zero-order valence-corrected chi connectivity index (χ0v) is 12.4. The van der Waals surface area contributed by atoms with Gasteiger partial charge in [0, 0.05) is 6.04 Å². The lowest BCUT2D eigenvalue weighted by Crippen LogP contribution is -2.45. The first-order chi connectivity index (χ1) is 9.88. The van der Waals surface area contributed by atoms with E-state index in [9.17, 15) is 18.3 Å². The van der Waals surface area contributed by atoms with Crippen molar-refractivity contribution in [3.05, 3.63) is 42.0 Å². The number of carbonyl (C=O) groups is 1. The third-order valence-corrected chi connectivity index (χ3v) is 5.84. The summed E-state index contributed by atoms with van der Waals surface area (Å²) in [4.78, 5) is 11.6. The fourth-order valence-corrected chi connectivity index (χ4v) is 4.59. The van der Waals surface area contributed by atoms with Crippen molar-refractivity contribution in [2.24, 2.45) is 17.8 Å². The van der Waals surface area contributed by atoms with Gasteiger partial charge in [0.1, 0.15) is 0 Å². The molecule has 0 saturated heterocycles.